The van der Waals surface area contributed by atoms with E-state index in [9.17, 15) is 4.79 Å². The summed E-state index contributed by atoms with van der Waals surface area (Å²) in [4.78, 5) is 11.0. The summed E-state index contributed by atoms with van der Waals surface area (Å²) in [7, 11) is 1.39. The molecule has 0 unspecified atom stereocenters. The molecule has 0 aromatic rings. The molecule has 1 heterocycles. The quantitative estimate of drug-likeness (QED) is 0.460. The molecule has 1 aliphatic heterocycles. The Morgan fingerprint density at radius 3 is 2.50 bits per heavy atom. The molecule has 1 rings (SSSR count). The maximum atomic E-state index is 11.0. The van der Waals surface area contributed by atoms with Crippen LogP contribution in [0.4, 0.5) is 0 Å². The van der Waals surface area contributed by atoms with Crippen molar-refractivity contribution >= 4 is 5.97 Å². The molecule has 0 saturated carbocycles. The lowest BCUT2D eigenvalue weighted by Gasteiger charge is -2.35. The van der Waals surface area contributed by atoms with Gasteiger partial charge in [-0.3, -0.25) is 0 Å². The first-order valence-electron chi connectivity index (χ1n) is 3.93. The van der Waals surface area contributed by atoms with Gasteiger partial charge in [0.1, 0.15) is 0 Å². The van der Waals surface area contributed by atoms with Gasteiger partial charge in [-0.2, -0.15) is 0 Å². The van der Waals surface area contributed by atoms with Crippen molar-refractivity contribution in [1.29, 1.82) is 0 Å². The van der Waals surface area contributed by atoms with Gasteiger partial charge in [-0.15, -0.1) is 0 Å². The van der Waals surface area contributed by atoms with Crippen LogP contribution in [0.15, 0.2) is 11.6 Å². The highest BCUT2D eigenvalue weighted by Gasteiger charge is 2.31. The molecule has 0 spiro atoms. The average Bonchev–Trinajstić information content (AvgIpc) is 2.00. The highest BCUT2D eigenvalue weighted by atomic mass is 16.5. The maximum Gasteiger partial charge on any atom is 0.333 e. The molecule has 0 bridgehead atoms. The summed E-state index contributed by atoms with van der Waals surface area (Å²) in [6.45, 7) is 5.21. The normalized spacial score (nSPS) is 21.4. The smallest absolute Gasteiger partial charge is 0.333 e. The maximum absolute atomic E-state index is 11.0. The van der Waals surface area contributed by atoms with Crippen molar-refractivity contribution in [2.75, 3.05) is 20.3 Å². The molecule has 0 N–H and O–H groups in total. The largest absolute Gasteiger partial charge is 0.466 e. The van der Waals surface area contributed by atoms with Gasteiger partial charge in [0.25, 0.3) is 0 Å². The van der Waals surface area contributed by atoms with Gasteiger partial charge in [0.05, 0.1) is 20.3 Å². The van der Waals surface area contributed by atoms with Crippen molar-refractivity contribution in [3.63, 3.8) is 0 Å². The summed E-state index contributed by atoms with van der Waals surface area (Å²) in [5.74, 6) is -0.261. The lowest BCUT2D eigenvalue weighted by atomic mass is 9.87. The van der Waals surface area contributed by atoms with Gasteiger partial charge >= 0.3 is 5.97 Å². The molecule has 0 amide bonds. The third-order valence-electron chi connectivity index (χ3n) is 1.94. The van der Waals surface area contributed by atoms with Crippen molar-refractivity contribution in [3.05, 3.63) is 11.6 Å². The van der Waals surface area contributed by atoms with E-state index in [0.29, 0.717) is 18.8 Å². The number of hydrogen-bond acceptors (Lipinski definition) is 3. The predicted octanol–water partition coefficient (Wildman–Crippen LogP) is 1.14. The van der Waals surface area contributed by atoms with Crippen molar-refractivity contribution in [2.45, 2.75) is 13.8 Å². The van der Waals surface area contributed by atoms with E-state index >= 15 is 0 Å². The summed E-state index contributed by atoms with van der Waals surface area (Å²) in [6, 6.07) is 0. The number of rotatable bonds is 2. The molecule has 1 fully saturated rings. The highest BCUT2D eigenvalue weighted by Crippen LogP contribution is 2.29. The molecule has 3 heteroatoms. The fourth-order valence-corrected chi connectivity index (χ4v) is 1.25. The van der Waals surface area contributed by atoms with Crippen LogP contribution in [-0.4, -0.2) is 26.3 Å². The second-order valence-corrected chi connectivity index (χ2v) is 3.47. The second kappa shape index (κ2) is 3.27. The third-order valence-corrected chi connectivity index (χ3v) is 1.94. The summed E-state index contributed by atoms with van der Waals surface area (Å²) in [5, 5.41) is 0. The lowest BCUT2D eigenvalue weighted by Crippen LogP contribution is -2.38. The zero-order valence-electron chi connectivity index (χ0n) is 7.72. The Balaban J connectivity index is 2.61. The minimum atomic E-state index is -0.261. The molecule has 3 nitrogen and oxygen atoms in total. The Morgan fingerprint density at radius 1 is 1.58 bits per heavy atom. The molecular formula is C9H14O3. The average molecular weight is 170 g/mol. The Hall–Kier alpha value is -0.830. The van der Waals surface area contributed by atoms with Crippen LogP contribution in [0, 0.1) is 5.41 Å². The molecule has 0 radical (unpaired) electrons. The van der Waals surface area contributed by atoms with Crippen LogP contribution in [-0.2, 0) is 14.3 Å². The zero-order valence-corrected chi connectivity index (χ0v) is 7.72. The van der Waals surface area contributed by atoms with Gasteiger partial charge in [-0.1, -0.05) is 13.0 Å². The highest BCUT2D eigenvalue weighted by molar-refractivity contribution is 5.87. The van der Waals surface area contributed by atoms with Gasteiger partial charge in [0.15, 0.2) is 0 Å². The van der Waals surface area contributed by atoms with Gasteiger partial charge in [-0.25, -0.2) is 4.79 Å². The van der Waals surface area contributed by atoms with E-state index in [0.717, 1.165) is 0 Å². The molecular weight excluding hydrogens is 156 g/mol. The van der Waals surface area contributed by atoms with E-state index < -0.39 is 0 Å². The minimum Gasteiger partial charge on any atom is -0.466 e. The van der Waals surface area contributed by atoms with E-state index in [2.05, 4.69) is 11.7 Å². The van der Waals surface area contributed by atoms with E-state index in [1.54, 1.807) is 6.92 Å². The van der Waals surface area contributed by atoms with Crippen LogP contribution in [0.1, 0.15) is 13.8 Å². The molecule has 0 aliphatic carbocycles. The number of esters is 1. The first-order chi connectivity index (χ1) is 5.57. The topological polar surface area (TPSA) is 35.5 Å². The molecule has 1 aliphatic rings. The van der Waals surface area contributed by atoms with Crippen molar-refractivity contribution in [1.82, 2.24) is 0 Å². The molecule has 1 saturated heterocycles. The number of methoxy groups -OCH3 is 1. The Labute approximate surface area is 72.4 Å². The Morgan fingerprint density at radius 2 is 2.17 bits per heavy atom. The first-order valence-corrected chi connectivity index (χ1v) is 3.93. The van der Waals surface area contributed by atoms with Crippen molar-refractivity contribution in [3.8, 4) is 0 Å². The van der Waals surface area contributed by atoms with Crippen LogP contribution in [0.2, 0.25) is 0 Å². The molecule has 0 atom stereocenters. The van der Waals surface area contributed by atoms with Crippen molar-refractivity contribution < 1.29 is 14.3 Å². The summed E-state index contributed by atoms with van der Waals surface area (Å²) < 4.78 is 9.63. The summed E-state index contributed by atoms with van der Waals surface area (Å²) in [5.41, 5.74) is 0.696. The zero-order chi connectivity index (χ0) is 9.19. The molecule has 0 aromatic carbocycles. The number of carbonyl (C=O) groups is 1. The van der Waals surface area contributed by atoms with E-state index in [4.69, 9.17) is 4.74 Å². The van der Waals surface area contributed by atoms with Crippen LogP contribution in [0.25, 0.3) is 0 Å². The number of carbonyl (C=O) groups excluding carboxylic acids is 1. The van der Waals surface area contributed by atoms with Gasteiger partial charge < -0.3 is 9.47 Å². The predicted molar refractivity (Wildman–Crippen MR) is 44.7 cm³/mol. The molecule has 68 valence electrons. The Bertz CT molecular complexity index is 214. The lowest BCUT2D eigenvalue weighted by molar-refractivity contribution is -0.136. The van der Waals surface area contributed by atoms with Crippen LogP contribution in [0.5, 0.6) is 0 Å². The monoisotopic (exact) mass is 170 g/mol. The second-order valence-electron chi connectivity index (χ2n) is 3.47. The van der Waals surface area contributed by atoms with E-state index in [-0.39, 0.29) is 11.4 Å². The molecule has 0 aromatic heterocycles. The number of ether oxygens (including phenoxy) is 2. The first kappa shape index (κ1) is 9.26. The van der Waals surface area contributed by atoms with Crippen molar-refractivity contribution in [2.24, 2.45) is 5.41 Å². The van der Waals surface area contributed by atoms with Gasteiger partial charge in [-0.05, 0) is 6.92 Å². The minimum absolute atomic E-state index is 0.0400. The van der Waals surface area contributed by atoms with Crippen LogP contribution >= 0.6 is 0 Å². The third kappa shape index (κ3) is 1.85. The number of hydrogen-bond donors (Lipinski definition) is 0. The summed E-state index contributed by atoms with van der Waals surface area (Å²) >= 11 is 0. The standard InChI is InChI=1S/C9H14O3/c1-7(8(10)11-3)4-9(2)5-12-6-9/h4H,5-6H2,1-3H3. The van der Waals surface area contributed by atoms with E-state index in [1.807, 2.05) is 6.08 Å². The van der Waals surface area contributed by atoms with Crippen LogP contribution < -0.4 is 0 Å². The fourth-order valence-electron chi connectivity index (χ4n) is 1.25. The summed E-state index contributed by atoms with van der Waals surface area (Å²) in [6.07, 6.45) is 1.92. The van der Waals surface area contributed by atoms with E-state index in [1.165, 1.54) is 7.11 Å². The van der Waals surface area contributed by atoms with Gasteiger partial charge in [0, 0.05) is 11.0 Å². The van der Waals surface area contributed by atoms with Crippen LogP contribution in [0.3, 0.4) is 0 Å². The molecule has 12 heavy (non-hydrogen) atoms. The van der Waals surface area contributed by atoms with Gasteiger partial charge in [0.2, 0.25) is 0 Å². The fraction of sp³-hybridized carbons (Fsp3) is 0.667. The SMILES string of the molecule is COC(=O)C(C)=CC1(C)COC1. The Kier molecular flexibility index (Phi) is 2.52.